The van der Waals surface area contributed by atoms with Gasteiger partial charge >= 0.3 is 0 Å². The van der Waals surface area contributed by atoms with E-state index in [-0.39, 0.29) is 0 Å². The molecule has 0 unspecified atom stereocenters. The van der Waals surface area contributed by atoms with Gasteiger partial charge in [0.25, 0.3) is 0 Å². The number of nitrogens with one attached hydrogen (secondary N) is 1. The van der Waals surface area contributed by atoms with Crippen LogP contribution in [0.3, 0.4) is 0 Å². The Morgan fingerprint density at radius 1 is 1.22 bits per heavy atom. The van der Waals surface area contributed by atoms with Gasteiger partial charge in [0.1, 0.15) is 5.82 Å². The first-order chi connectivity index (χ1) is 8.93. The van der Waals surface area contributed by atoms with Crippen molar-refractivity contribution in [2.75, 3.05) is 0 Å². The minimum absolute atomic E-state index is 0.897. The summed E-state index contributed by atoms with van der Waals surface area (Å²) < 4.78 is 5.07. The van der Waals surface area contributed by atoms with Crippen molar-refractivity contribution in [2.45, 2.75) is 10.6 Å². The van der Waals surface area contributed by atoms with Crippen molar-refractivity contribution in [3.63, 3.8) is 0 Å². The molecule has 0 saturated heterocycles. The molecule has 0 spiro atoms. The van der Waals surface area contributed by atoms with Crippen LogP contribution in [0.5, 0.6) is 0 Å². The van der Waals surface area contributed by atoms with E-state index in [0.29, 0.717) is 0 Å². The summed E-state index contributed by atoms with van der Waals surface area (Å²) in [5.41, 5.74) is 2.32. The van der Waals surface area contributed by atoms with E-state index in [0.717, 1.165) is 17.1 Å². The van der Waals surface area contributed by atoms with Gasteiger partial charge in [-0.1, -0.05) is 18.2 Å². The number of thioether (sulfide) groups is 1. The molecule has 90 valence electrons. The van der Waals surface area contributed by atoms with Crippen LogP contribution in [0.2, 0.25) is 0 Å². The number of nitrogens with zero attached hydrogens (tertiary/aromatic N) is 1. The molecule has 3 nitrogen and oxygen atoms in total. The Morgan fingerprint density at radius 3 is 2.94 bits per heavy atom. The second-order valence-electron chi connectivity index (χ2n) is 3.85. The zero-order chi connectivity index (χ0) is 12.2. The normalized spacial score (nSPS) is 10.7. The zero-order valence-electron chi connectivity index (χ0n) is 9.67. The molecule has 0 amide bonds. The van der Waals surface area contributed by atoms with Gasteiger partial charge in [0, 0.05) is 34.2 Å². The SMILES string of the molecule is c1ccc(-c2ncc[nH]2)c(SCc2ccoc2)c1. The summed E-state index contributed by atoms with van der Waals surface area (Å²) in [4.78, 5) is 8.67. The summed E-state index contributed by atoms with van der Waals surface area (Å²) in [6.45, 7) is 0. The van der Waals surface area contributed by atoms with E-state index < -0.39 is 0 Å². The van der Waals surface area contributed by atoms with Crippen LogP contribution in [0.4, 0.5) is 0 Å². The van der Waals surface area contributed by atoms with Crippen LogP contribution in [0.25, 0.3) is 11.4 Å². The van der Waals surface area contributed by atoms with Crippen LogP contribution in [0.1, 0.15) is 5.56 Å². The lowest BCUT2D eigenvalue weighted by Gasteiger charge is -2.05. The van der Waals surface area contributed by atoms with Crippen LogP contribution in [-0.4, -0.2) is 9.97 Å². The third-order valence-corrected chi connectivity index (χ3v) is 3.76. The Kier molecular flexibility index (Phi) is 3.19. The average Bonchev–Trinajstić information content (AvgIpc) is 3.10. The van der Waals surface area contributed by atoms with E-state index in [2.05, 4.69) is 22.1 Å². The maximum Gasteiger partial charge on any atom is 0.138 e. The minimum atomic E-state index is 0.897. The summed E-state index contributed by atoms with van der Waals surface area (Å²) in [6, 6.07) is 10.3. The molecule has 0 radical (unpaired) electrons. The fraction of sp³-hybridized carbons (Fsp3) is 0.0714. The molecule has 4 heteroatoms. The highest BCUT2D eigenvalue weighted by molar-refractivity contribution is 7.98. The molecule has 0 aliphatic heterocycles. The maximum atomic E-state index is 5.07. The number of rotatable bonds is 4. The van der Waals surface area contributed by atoms with Crippen LogP contribution in [0, 0.1) is 0 Å². The smallest absolute Gasteiger partial charge is 0.138 e. The monoisotopic (exact) mass is 256 g/mol. The zero-order valence-corrected chi connectivity index (χ0v) is 10.5. The lowest BCUT2D eigenvalue weighted by atomic mass is 10.2. The summed E-state index contributed by atoms with van der Waals surface area (Å²) in [5, 5.41) is 0. The maximum absolute atomic E-state index is 5.07. The molecule has 0 saturated carbocycles. The van der Waals surface area contributed by atoms with Gasteiger partial charge in [0.05, 0.1) is 12.5 Å². The second-order valence-corrected chi connectivity index (χ2v) is 4.87. The van der Waals surface area contributed by atoms with Gasteiger partial charge in [0.15, 0.2) is 0 Å². The number of hydrogen-bond donors (Lipinski definition) is 1. The molecular formula is C14H12N2OS. The molecule has 1 N–H and O–H groups in total. The summed E-state index contributed by atoms with van der Waals surface area (Å²) in [7, 11) is 0. The Labute approximate surface area is 109 Å². The van der Waals surface area contributed by atoms with Gasteiger partial charge in [-0.15, -0.1) is 11.8 Å². The van der Waals surface area contributed by atoms with Crippen molar-refractivity contribution in [2.24, 2.45) is 0 Å². The topological polar surface area (TPSA) is 41.8 Å². The van der Waals surface area contributed by atoms with Gasteiger partial charge in [-0.2, -0.15) is 0 Å². The molecule has 3 rings (SSSR count). The van der Waals surface area contributed by atoms with Crippen molar-refractivity contribution in [1.29, 1.82) is 0 Å². The van der Waals surface area contributed by atoms with E-state index in [1.54, 1.807) is 30.5 Å². The third-order valence-electron chi connectivity index (χ3n) is 2.61. The van der Waals surface area contributed by atoms with Crippen LogP contribution >= 0.6 is 11.8 Å². The van der Waals surface area contributed by atoms with Gasteiger partial charge in [0.2, 0.25) is 0 Å². The van der Waals surface area contributed by atoms with Crippen LogP contribution in [0.15, 0.2) is 64.6 Å². The Hall–Kier alpha value is -1.94. The van der Waals surface area contributed by atoms with E-state index in [1.807, 2.05) is 24.4 Å². The average molecular weight is 256 g/mol. The number of aromatic nitrogens is 2. The fourth-order valence-electron chi connectivity index (χ4n) is 1.74. The molecule has 0 atom stereocenters. The standard InChI is InChI=1S/C14H12N2OS/c1-2-4-13(18-10-11-5-8-17-9-11)12(3-1)14-15-6-7-16-14/h1-9H,10H2,(H,15,16). The summed E-state index contributed by atoms with van der Waals surface area (Å²) in [5.74, 6) is 1.80. The summed E-state index contributed by atoms with van der Waals surface area (Å²) >= 11 is 1.78. The molecule has 0 bridgehead atoms. The summed E-state index contributed by atoms with van der Waals surface area (Å²) in [6.07, 6.45) is 7.09. The van der Waals surface area contributed by atoms with Crippen molar-refractivity contribution in [1.82, 2.24) is 9.97 Å². The van der Waals surface area contributed by atoms with Gasteiger partial charge in [-0.3, -0.25) is 0 Å². The van der Waals surface area contributed by atoms with Crippen molar-refractivity contribution >= 4 is 11.8 Å². The quantitative estimate of drug-likeness (QED) is 0.718. The minimum Gasteiger partial charge on any atom is -0.472 e. The van der Waals surface area contributed by atoms with Crippen molar-refractivity contribution in [3.8, 4) is 11.4 Å². The number of H-pyrrole nitrogens is 1. The number of furan rings is 1. The Morgan fingerprint density at radius 2 is 2.17 bits per heavy atom. The lowest BCUT2D eigenvalue weighted by molar-refractivity contribution is 0.565. The molecule has 0 aliphatic rings. The number of imidazole rings is 1. The lowest BCUT2D eigenvalue weighted by Crippen LogP contribution is -1.85. The van der Waals surface area contributed by atoms with Crippen LogP contribution in [-0.2, 0) is 5.75 Å². The fourth-order valence-corrected chi connectivity index (χ4v) is 2.72. The predicted octanol–water partition coefficient (Wildman–Crippen LogP) is 3.96. The Bertz CT molecular complexity index is 603. The first-order valence-corrected chi connectivity index (χ1v) is 6.65. The molecule has 1 aromatic carbocycles. The van der Waals surface area contributed by atoms with E-state index in [4.69, 9.17) is 4.42 Å². The van der Waals surface area contributed by atoms with E-state index in [1.165, 1.54) is 10.5 Å². The molecule has 0 aliphatic carbocycles. The van der Waals surface area contributed by atoms with Gasteiger partial charge in [-0.05, 0) is 12.1 Å². The third kappa shape index (κ3) is 2.33. The molecule has 2 heterocycles. The molecule has 2 aromatic heterocycles. The molecule has 18 heavy (non-hydrogen) atoms. The largest absolute Gasteiger partial charge is 0.472 e. The first-order valence-electron chi connectivity index (χ1n) is 5.66. The molecule has 3 aromatic rings. The molecule has 0 fully saturated rings. The van der Waals surface area contributed by atoms with Gasteiger partial charge < -0.3 is 9.40 Å². The van der Waals surface area contributed by atoms with Crippen molar-refractivity contribution < 1.29 is 4.42 Å². The van der Waals surface area contributed by atoms with E-state index in [9.17, 15) is 0 Å². The Balaban J connectivity index is 1.84. The number of hydrogen-bond acceptors (Lipinski definition) is 3. The second kappa shape index (κ2) is 5.14. The van der Waals surface area contributed by atoms with E-state index >= 15 is 0 Å². The van der Waals surface area contributed by atoms with Crippen molar-refractivity contribution in [3.05, 3.63) is 60.8 Å². The number of aromatic amines is 1. The predicted molar refractivity (Wildman–Crippen MR) is 72.3 cm³/mol. The van der Waals surface area contributed by atoms with Gasteiger partial charge in [-0.25, -0.2) is 4.98 Å². The highest BCUT2D eigenvalue weighted by atomic mass is 32.2. The van der Waals surface area contributed by atoms with Crippen LogP contribution < -0.4 is 0 Å². The highest BCUT2D eigenvalue weighted by Gasteiger charge is 2.07. The number of benzene rings is 1. The first kappa shape index (κ1) is 11.2. The molecular weight excluding hydrogens is 244 g/mol. The highest BCUT2D eigenvalue weighted by Crippen LogP contribution is 2.31.